The number of nitrogens with zero attached hydrogens (tertiary/aromatic N) is 2. The van der Waals surface area contributed by atoms with Gasteiger partial charge in [-0.1, -0.05) is 0 Å². The third-order valence-corrected chi connectivity index (χ3v) is 4.56. The first-order valence-corrected chi connectivity index (χ1v) is 8.43. The van der Waals surface area contributed by atoms with Crippen molar-refractivity contribution in [1.82, 2.24) is 15.1 Å². The molecule has 1 unspecified atom stereocenters. The van der Waals surface area contributed by atoms with Gasteiger partial charge in [0.1, 0.15) is 6.04 Å². The number of piperazine rings is 1. The van der Waals surface area contributed by atoms with Gasteiger partial charge in [-0.3, -0.25) is 9.59 Å². The number of morpholine rings is 1. The van der Waals surface area contributed by atoms with Crippen LogP contribution in [0.15, 0.2) is 24.3 Å². The predicted molar refractivity (Wildman–Crippen MR) is 86.5 cm³/mol. The average molecular weight is 371 g/mol. The van der Waals surface area contributed by atoms with Crippen LogP contribution in [0, 0.1) is 0 Å². The molecule has 6 nitrogen and oxygen atoms in total. The van der Waals surface area contributed by atoms with E-state index in [0.717, 1.165) is 12.1 Å². The Morgan fingerprint density at radius 1 is 1.04 bits per heavy atom. The fraction of sp³-hybridized carbons (Fsp3) is 0.529. The lowest BCUT2D eigenvalue weighted by Gasteiger charge is -2.37. The van der Waals surface area contributed by atoms with E-state index in [1.165, 1.54) is 12.1 Å². The van der Waals surface area contributed by atoms with Crippen LogP contribution in [0.1, 0.15) is 15.9 Å². The maximum absolute atomic E-state index is 12.6. The Labute approximate surface area is 148 Å². The number of carbonyl (C=O) groups is 2. The molecule has 2 saturated heterocycles. The topological polar surface area (TPSA) is 61.9 Å². The highest BCUT2D eigenvalue weighted by Crippen LogP contribution is 2.29. The quantitative estimate of drug-likeness (QED) is 0.842. The fourth-order valence-corrected chi connectivity index (χ4v) is 3.06. The molecule has 0 aliphatic carbocycles. The Morgan fingerprint density at radius 3 is 2.19 bits per heavy atom. The number of benzene rings is 1. The molecular weight excluding hydrogens is 351 g/mol. The zero-order valence-corrected chi connectivity index (χ0v) is 14.1. The van der Waals surface area contributed by atoms with E-state index in [4.69, 9.17) is 4.74 Å². The van der Waals surface area contributed by atoms with Crippen molar-refractivity contribution in [2.75, 3.05) is 45.9 Å². The zero-order valence-electron chi connectivity index (χ0n) is 14.1. The van der Waals surface area contributed by atoms with E-state index in [-0.39, 0.29) is 23.4 Å². The lowest BCUT2D eigenvalue weighted by molar-refractivity contribution is -0.138. The summed E-state index contributed by atoms with van der Waals surface area (Å²) in [5.41, 5.74) is -0.577. The zero-order chi connectivity index (χ0) is 18.7. The number of amides is 2. The molecule has 1 N–H and O–H groups in total. The first-order chi connectivity index (χ1) is 12.4. The molecule has 0 bridgehead atoms. The molecule has 0 spiro atoms. The minimum Gasteiger partial charge on any atom is -0.378 e. The summed E-state index contributed by atoms with van der Waals surface area (Å²) in [5, 5.41) is 3.10. The number of carbonyl (C=O) groups excluding carboxylic acids is 2. The van der Waals surface area contributed by atoms with E-state index in [1.807, 2.05) is 0 Å². The van der Waals surface area contributed by atoms with Crippen LogP contribution >= 0.6 is 0 Å². The van der Waals surface area contributed by atoms with E-state index in [2.05, 4.69) is 5.32 Å². The van der Waals surface area contributed by atoms with E-state index in [1.54, 1.807) is 9.80 Å². The van der Waals surface area contributed by atoms with E-state index >= 15 is 0 Å². The molecule has 1 atom stereocenters. The number of hydrogen-bond acceptors (Lipinski definition) is 4. The molecule has 3 rings (SSSR count). The van der Waals surface area contributed by atoms with Gasteiger partial charge in [-0.25, -0.2) is 0 Å². The summed E-state index contributed by atoms with van der Waals surface area (Å²) in [4.78, 5) is 28.1. The largest absolute Gasteiger partial charge is 0.416 e. The van der Waals surface area contributed by atoms with Crippen LogP contribution in [0.4, 0.5) is 13.2 Å². The van der Waals surface area contributed by atoms with Crippen molar-refractivity contribution >= 4 is 11.8 Å². The Hall–Kier alpha value is -2.13. The number of halogens is 3. The third-order valence-electron chi connectivity index (χ3n) is 4.56. The van der Waals surface area contributed by atoms with Crippen molar-refractivity contribution < 1.29 is 27.5 Å². The highest BCUT2D eigenvalue weighted by molar-refractivity contribution is 5.94. The maximum Gasteiger partial charge on any atom is 0.416 e. The second-order valence-corrected chi connectivity index (χ2v) is 6.27. The SMILES string of the molecule is O=C(c1ccc(C(F)(F)F)cc1)N1CCN(C(=O)C2COCCN2)CC1. The standard InChI is InChI=1S/C17H20F3N3O3/c18-17(19,20)13-3-1-12(2-4-13)15(24)22-6-8-23(9-7-22)16(25)14-11-26-10-5-21-14/h1-4,14,21H,5-11H2. The molecule has 26 heavy (non-hydrogen) atoms. The minimum atomic E-state index is -4.43. The van der Waals surface area contributed by atoms with Crippen LogP contribution < -0.4 is 5.32 Å². The summed E-state index contributed by atoms with van der Waals surface area (Å²) in [6, 6.07) is 3.82. The van der Waals surface area contributed by atoms with Gasteiger partial charge in [-0.15, -0.1) is 0 Å². The van der Waals surface area contributed by atoms with Crippen LogP contribution in [0.3, 0.4) is 0 Å². The molecule has 142 valence electrons. The third kappa shape index (κ3) is 4.16. The maximum atomic E-state index is 12.6. The van der Waals surface area contributed by atoms with Gasteiger partial charge in [-0.05, 0) is 24.3 Å². The minimum absolute atomic E-state index is 0.0497. The van der Waals surface area contributed by atoms with Crippen LogP contribution in [0.5, 0.6) is 0 Å². The van der Waals surface area contributed by atoms with Gasteiger partial charge in [0.15, 0.2) is 0 Å². The normalized spacial score (nSPS) is 21.6. The van der Waals surface area contributed by atoms with Crippen molar-refractivity contribution in [3.63, 3.8) is 0 Å². The molecule has 1 aromatic carbocycles. The molecule has 0 aromatic heterocycles. The van der Waals surface area contributed by atoms with E-state index in [0.29, 0.717) is 45.9 Å². The second-order valence-electron chi connectivity index (χ2n) is 6.27. The van der Waals surface area contributed by atoms with Gasteiger partial charge >= 0.3 is 6.18 Å². The number of alkyl halides is 3. The molecule has 0 saturated carbocycles. The Bertz CT molecular complexity index is 649. The van der Waals surface area contributed by atoms with Gasteiger partial charge in [0.2, 0.25) is 5.91 Å². The number of hydrogen-bond donors (Lipinski definition) is 1. The van der Waals surface area contributed by atoms with E-state index < -0.39 is 11.7 Å². The molecule has 2 aliphatic heterocycles. The van der Waals surface area contributed by atoms with Crippen molar-refractivity contribution in [1.29, 1.82) is 0 Å². The van der Waals surface area contributed by atoms with E-state index in [9.17, 15) is 22.8 Å². The molecule has 9 heteroatoms. The van der Waals surface area contributed by atoms with Crippen LogP contribution in [-0.4, -0.2) is 73.6 Å². The fourth-order valence-electron chi connectivity index (χ4n) is 3.06. The van der Waals surface area contributed by atoms with Gasteiger partial charge in [0.25, 0.3) is 5.91 Å². The molecule has 0 radical (unpaired) electrons. The summed E-state index contributed by atoms with van der Waals surface area (Å²) >= 11 is 0. The molecule has 1 aromatic rings. The predicted octanol–water partition coefficient (Wildman–Crippen LogP) is 0.978. The van der Waals surface area contributed by atoms with Crippen LogP contribution in [-0.2, 0) is 15.7 Å². The first-order valence-electron chi connectivity index (χ1n) is 8.43. The molecule has 2 heterocycles. The molecule has 2 fully saturated rings. The second kappa shape index (κ2) is 7.63. The Morgan fingerprint density at radius 2 is 1.65 bits per heavy atom. The van der Waals surface area contributed by atoms with Crippen molar-refractivity contribution in [3.05, 3.63) is 35.4 Å². The number of rotatable bonds is 2. The lowest BCUT2D eigenvalue weighted by atomic mass is 10.1. The Balaban J connectivity index is 1.55. The summed E-state index contributed by atoms with van der Waals surface area (Å²) in [6.07, 6.45) is -4.43. The van der Waals surface area contributed by atoms with Gasteiger partial charge < -0.3 is 19.9 Å². The lowest BCUT2D eigenvalue weighted by Crippen LogP contribution is -2.57. The van der Waals surface area contributed by atoms with Gasteiger partial charge in [-0.2, -0.15) is 13.2 Å². The first kappa shape index (κ1) is 18.7. The summed E-state index contributed by atoms with van der Waals surface area (Å²) in [7, 11) is 0. The highest BCUT2D eigenvalue weighted by Gasteiger charge is 2.32. The average Bonchev–Trinajstić information content (AvgIpc) is 2.67. The molecule has 2 aliphatic rings. The summed E-state index contributed by atoms with van der Waals surface area (Å²) < 4.78 is 43.1. The number of ether oxygens (including phenoxy) is 1. The van der Waals surface area contributed by atoms with Crippen LogP contribution in [0.25, 0.3) is 0 Å². The number of nitrogens with one attached hydrogen (secondary N) is 1. The Kier molecular flexibility index (Phi) is 5.47. The molecular formula is C17H20F3N3O3. The summed E-state index contributed by atoms with van der Waals surface area (Å²) in [6.45, 7) is 3.02. The monoisotopic (exact) mass is 371 g/mol. The highest BCUT2D eigenvalue weighted by atomic mass is 19.4. The van der Waals surface area contributed by atoms with Crippen molar-refractivity contribution in [2.45, 2.75) is 12.2 Å². The van der Waals surface area contributed by atoms with Gasteiger partial charge in [0, 0.05) is 38.3 Å². The van der Waals surface area contributed by atoms with Gasteiger partial charge in [0.05, 0.1) is 18.8 Å². The van der Waals surface area contributed by atoms with Crippen molar-refractivity contribution in [2.24, 2.45) is 0 Å². The smallest absolute Gasteiger partial charge is 0.378 e. The summed E-state index contributed by atoms with van der Waals surface area (Å²) in [5.74, 6) is -0.378. The van der Waals surface area contributed by atoms with Crippen molar-refractivity contribution in [3.8, 4) is 0 Å². The van der Waals surface area contributed by atoms with Crippen LogP contribution in [0.2, 0.25) is 0 Å². The molecule has 2 amide bonds.